The Morgan fingerprint density at radius 1 is 0.825 bits per heavy atom. The van der Waals surface area contributed by atoms with Crippen molar-refractivity contribution in [2.24, 2.45) is 17.2 Å². The van der Waals surface area contributed by atoms with E-state index in [0.717, 1.165) is 23.1 Å². The predicted molar refractivity (Wildman–Crippen MR) is 157 cm³/mol. The van der Waals surface area contributed by atoms with E-state index in [1.54, 1.807) is 0 Å². The Morgan fingerprint density at radius 2 is 1.50 bits per heavy atom. The van der Waals surface area contributed by atoms with Crippen LogP contribution in [-0.4, -0.2) is 60.9 Å². The van der Waals surface area contributed by atoms with Crippen molar-refractivity contribution in [3.8, 4) is 11.1 Å². The zero-order chi connectivity index (χ0) is 28.5. The van der Waals surface area contributed by atoms with E-state index in [1.807, 2.05) is 60.7 Å². The highest BCUT2D eigenvalue weighted by Gasteiger charge is 2.27. The first kappa shape index (κ1) is 28.9. The summed E-state index contributed by atoms with van der Waals surface area (Å²) >= 11 is 0. The highest BCUT2D eigenvalue weighted by Crippen LogP contribution is 2.37. The molecule has 8 N–H and O–H groups in total. The second-order valence-corrected chi connectivity index (χ2v) is 10.0. The molecule has 0 heterocycles. The fourth-order valence-corrected chi connectivity index (χ4v) is 5.04. The lowest BCUT2D eigenvalue weighted by molar-refractivity contribution is -0.134. The van der Waals surface area contributed by atoms with E-state index in [0.29, 0.717) is 31.6 Å². The quantitative estimate of drug-likeness (QED) is 0.173. The minimum atomic E-state index is -1.11. The second kappa shape index (κ2) is 13.8. The Balaban J connectivity index is 1.44. The number of carbonyl (C=O) groups is 3. The molecule has 2 atom stereocenters. The van der Waals surface area contributed by atoms with Crippen LogP contribution in [0.1, 0.15) is 29.5 Å². The molecule has 210 valence electrons. The van der Waals surface area contributed by atoms with E-state index >= 15 is 0 Å². The van der Waals surface area contributed by atoms with Gasteiger partial charge in [0.15, 0.2) is 0 Å². The molecule has 3 aromatic carbocycles. The van der Waals surface area contributed by atoms with Crippen LogP contribution in [0.5, 0.6) is 0 Å². The number of rotatable bonds is 13. The molecule has 0 radical (unpaired) electrons. The van der Waals surface area contributed by atoms with Crippen molar-refractivity contribution in [3.05, 3.63) is 89.5 Å². The standard InChI is InChI=1S/C31H38N6O3/c32-14-16-37(17-15-33)29(38)20-27(34)30(39)36-28(13-10-21-6-2-1-3-7-21)31(40)35-24-11-12-26-23(19-24)18-22-8-4-5-9-25(22)26/h1-9,11-12,19,27-28H,10,13-18,20,32-34H2,(H,35,40)(H,36,39). The Kier molecular flexibility index (Phi) is 10.0. The number of nitrogens with one attached hydrogen (secondary N) is 2. The molecular weight excluding hydrogens is 504 g/mol. The maximum Gasteiger partial charge on any atom is 0.246 e. The Morgan fingerprint density at radius 3 is 2.23 bits per heavy atom. The van der Waals surface area contributed by atoms with E-state index in [-0.39, 0.29) is 31.3 Å². The lowest BCUT2D eigenvalue weighted by atomic mass is 10.0. The van der Waals surface area contributed by atoms with Crippen LogP contribution in [0.2, 0.25) is 0 Å². The molecule has 0 bridgehead atoms. The van der Waals surface area contributed by atoms with Gasteiger partial charge in [0.05, 0.1) is 12.5 Å². The minimum Gasteiger partial charge on any atom is -0.343 e. The molecule has 0 fully saturated rings. The number of aryl methyl sites for hydroxylation is 1. The van der Waals surface area contributed by atoms with E-state index < -0.39 is 18.0 Å². The number of hydrogen-bond acceptors (Lipinski definition) is 6. The molecule has 1 aliphatic carbocycles. The fraction of sp³-hybridized carbons (Fsp3) is 0.323. The van der Waals surface area contributed by atoms with E-state index in [2.05, 4.69) is 22.8 Å². The van der Waals surface area contributed by atoms with Crippen LogP contribution in [0.25, 0.3) is 11.1 Å². The first-order valence-electron chi connectivity index (χ1n) is 13.7. The summed E-state index contributed by atoms with van der Waals surface area (Å²) in [6, 6.07) is 21.9. The summed E-state index contributed by atoms with van der Waals surface area (Å²) in [5.74, 6) is -1.21. The number of hydrogen-bond donors (Lipinski definition) is 5. The summed E-state index contributed by atoms with van der Waals surface area (Å²) in [7, 11) is 0. The predicted octanol–water partition coefficient (Wildman–Crippen LogP) is 1.78. The maximum atomic E-state index is 13.4. The molecule has 2 unspecified atom stereocenters. The van der Waals surface area contributed by atoms with Gasteiger partial charge in [-0.15, -0.1) is 0 Å². The molecular formula is C31H38N6O3. The third-order valence-corrected chi connectivity index (χ3v) is 7.14. The fourth-order valence-electron chi connectivity index (χ4n) is 5.04. The van der Waals surface area contributed by atoms with Crippen LogP contribution in [-0.2, 0) is 27.2 Å². The summed E-state index contributed by atoms with van der Waals surface area (Å²) in [6.45, 7) is 1.23. The molecule has 4 rings (SSSR count). The number of fused-ring (bicyclic) bond motifs is 3. The van der Waals surface area contributed by atoms with Gasteiger partial charge in [0.25, 0.3) is 0 Å². The van der Waals surface area contributed by atoms with Gasteiger partial charge in [-0.1, -0.05) is 60.7 Å². The van der Waals surface area contributed by atoms with Gasteiger partial charge < -0.3 is 32.7 Å². The summed E-state index contributed by atoms with van der Waals surface area (Å²) in [5, 5.41) is 5.76. The molecule has 0 aliphatic heterocycles. The summed E-state index contributed by atoms with van der Waals surface area (Å²) in [6.07, 6.45) is 1.54. The number of anilines is 1. The Bertz CT molecular complexity index is 1320. The largest absolute Gasteiger partial charge is 0.343 e. The molecule has 0 spiro atoms. The van der Waals surface area contributed by atoms with Crippen LogP contribution in [0.4, 0.5) is 5.69 Å². The van der Waals surface area contributed by atoms with Crippen molar-refractivity contribution in [2.45, 2.75) is 37.8 Å². The zero-order valence-corrected chi connectivity index (χ0v) is 22.6. The van der Waals surface area contributed by atoms with Crippen molar-refractivity contribution in [2.75, 3.05) is 31.5 Å². The van der Waals surface area contributed by atoms with Gasteiger partial charge in [-0.2, -0.15) is 0 Å². The van der Waals surface area contributed by atoms with Crippen LogP contribution in [0.15, 0.2) is 72.8 Å². The van der Waals surface area contributed by atoms with Gasteiger partial charge in [-0.05, 0) is 59.2 Å². The Hall–Kier alpha value is -4.05. The average molecular weight is 543 g/mol. The molecule has 0 aromatic heterocycles. The third-order valence-electron chi connectivity index (χ3n) is 7.14. The molecule has 3 aromatic rings. The normalized spacial score (nSPS) is 13.1. The molecule has 0 saturated carbocycles. The minimum absolute atomic E-state index is 0.204. The van der Waals surface area contributed by atoms with Crippen molar-refractivity contribution < 1.29 is 14.4 Å². The molecule has 1 aliphatic rings. The summed E-state index contributed by atoms with van der Waals surface area (Å²) in [5.41, 5.74) is 23.8. The highest BCUT2D eigenvalue weighted by atomic mass is 16.2. The van der Waals surface area contributed by atoms with Gasteiger partial charge in [-0.25, -0.2) is 0 Å². The van der Waals surface area contributed by atoms with Gasteiger partial charge in [0.1, 0.15) is 6.04 Å². The first-order chi connectivity index (χ1) is 19.4. The SMILES string of the molecule is NCCN(CCN)C(=O)CC(N)C(=O)NC(CCc1ccccc1)C(=O)Nc1ccc2c(c1)Cc1ccccc1-2. The van der Waals surface area contributed by atoms with Gasteiger partial charge >= 0.3 is 0 Å². The van der Waals surface area contributed by atoms with E-state index in [1.165, 1.54) is 16.0 Å². The number of nitrogens with zero attached hydrogens (tertiary/aromatic N) is 1. The average Bonchev–Trinajstić information content (AvgIpc) is 3.33. The van der Waals surface area contributed by atoms with E-state index in [4.69, 9.17) is 17.2 Å². The summed E-state index contributed by atoms with van der Waals surface area (Å²) < 4.78 is 0. The zero-order valence-electron chi connectivity index (χ0n) is 22.6. The lowest BCUT2D eigenvalue weighted by Crippen LogP contribution is -2.52. The van der Waals surface area contributed by atoms with Gasteiger partial charge in [-0.3, -0.25) is 14.4 Å². The molecule has 40 heavy (non-hydrogen) atoms. The van der Waals surface area contributed by atoms with Crippen LogP contribution in [0.3, 0.4) is 0 Å². The topological polar surface area (TPSA) is 157 Å². The second-order valence-electron chi connectivity index (χ2n) is 10.0. The Labute approximate surface area is 235 Å². The van der Waals surface area contributed by atoms with Crippen LogP contribution < -0.4 is 27.8 Å². The van der Waals surface area contributed by atoms with Crippen LogP contribution in [0, 0.1) is 0 Å². The molecule has 9 heteroatoms. The first-order valence-corrected chi connectivity index (χ1v) is 13.7. The van der Waals surface area contributed by atoms with Crippen molar-refractivity contribution in [1.82, 2.24) is 10.2 Å². The molecule has 9 nitrogen and oxygen atoms in total. The van der Waals surface area contributed by atoms with Crippen molar-refractivity contribution in [3.63, 3.8) is 0 Å². The van der Waals surface area contributed by atoms with Gasteiger partial charge in [0.2, 0.25) is 17.7 Å². The lowest BCUT2D eigenvalue weighted by Gasteiger charge is -2.24. The molecule has 3 amide bonds. The number of nitrogens with two attached hydrogens (primary N) is 3. The van der Waals surface area contributed by atoms with Crippen molar-refractivity contribution >= 4 is 23.4 Å². The van der Waals surface area contributed by atoms with Crippen LogP contribution >= 0.6 is 0 Å². The van der Waals surface area contributed by atoms with Crippen molar-refractivity contribution in [1.29, 1.82) is 0 Å². The maximum absolute atomic E-state index is 13.4. The molecule has 0 saturated heterocycles. The van der Waals surface area contributed by atoms with Gasteiger partial charge in [0, 0.05) is 31.9 Å². The monoisotopic (exact) mass is 542 g/mol. The number of carbonyl (C=O) groups excluding carboxylic acids is 3. The highest BCUT2D eigenvalue weighted by molar-refractivity contribution is 5.99. The third kappa shape index (κ3) is 7.32. The smallest absolute Gasteiger partial charge is 0.246 e. The number of amides is 3. The number of benzene rings is 3. The summed E-state index contributed by atoms with van der Waals surface area (Å²) in [4.78, 5) is 40.6. The van der Waals surface area contributed by atoms with E-state index in [9.17, 15) is 14.4 Å².